The predicted molar refractivity (Wildman–Crippen MR) is 63.4 cm³/mol. The number of rotatable bonds is 1. The van der Waals surface area contributed by atoms with Crippen LogP contribution in [-0.2, 0) is 12.8 Å². The number of hydrogen-bond donors (Lipinski definition) is 0. The molecule has 1 heterocycles. The summed E-state index contributed by atoms with van der Waals surface area (Å²) in [6.45, 7) is 8.96. The van der Waals surface area contributed by atoms with Crippen molar-refractivity contribution >= 4 is 0 Å². The van der Waals surface area contributed by atoms with E-state index in [4.69, 9.17) is 4.74 Å². The van der Waals surface area contributed by atoms with Crippen molar-refractivity contribution in [3.05, 3.63) is 29.3 Å². The Kier molecular flexibility index (Phi) is 2.49. The van der Waals surface area contributed by atoms with Gasteiger partial charge in [0.2, 0.25) is 0 Å². The maximum atomic E-state index is 5.69. The Balaban J connectivity index is 2.20. The lowest BCUT2D eigenvalue weighted by molar-refractivity contribution is 0.254. The first-order chi connectivity index (χ1) is 6.94. The molecule has 15 heavy (non-hydrogen) atoms. The largest absolute Gasteiger partial charge is 0.490 e. The van der Waals surface area contributed by atoms with Crippen LogP contribution in [0, 0.1) is 5.41 Å². The molecule has 1 aromatic rings. The molecule has 2 rings (SSSR count). The van der Waals surface area contributed by atoms with E-state index in [1.54, 1.807) is 0 Å². The molecule has 0 aromatic heterocycles. The van der Waals surface area contributed by atoms with Crippen LogP contribution in [0.5, 0.6) is 5.75 Å². The molecule has 1 aliphatic rings. The topological polar surface area (TPSA) is 9.23 Å². The summed E-state index contributed by atoms with van der Waals surface area (Å²) in [5.41, 5.74) is 3.17. The van der Waals surface area contributed by atoms with Gasteiger partial charge in [-0.1, -0.05) is 32.9 Å². The van der Waals surface area contributed by atoms with Crippen molar-refractivity contribution in [2.75, 3.05) is 0 Å². The van der Waals surface area contributed by atoms with Crippen molar-refractivity contribution in [1.29, 1.82) is 0 Å². The molecular weight excluding hydrogens is 184 g/mol. The molecule has 0 aliphatic carbocycles. The van der Waals surface area contributed by atoms with E-state index >= 15 is 0 Å². The average molecular weight is 204 g/mol. The minimum atomic E-state index is 0.352. The second kappa shape index (κ2) is 3.55. The first-order valence-electron chi connectivity index (χ1n) is 5.72. The third-order valence-corrected chi connectivity index (χ3v) is 2.69. The van der Waals surface area contributed by atoms with E-state index in [1.165, 1.54) is 11.1 Å². The maximum Gasteiger partial charge on any atom is 0.123 e. The van der Waals surface area contributed by atoms with Gasteiger partial charge in [0.15, 0.2) is 0 Å². The van der Waals surface area contributed by atoms with Crippen LogP contribution in [-0.4, -0.2) is 6.10 Å². The zero-order chi connectivity index (χ0) is 11.1. The lowest BCUT2D eigenvalue weighted by Gasteiger charge is -2.18. The van der Waals surface area contributed by atoms with Crippen molar-refractivity contribution in [3.8, 4) is 5.75 Å². The van der Waals surface area contributed by atoms with Crippen molar-refractivity contribution in [2.24, 2.45) is 5.41 Å². The van der Waals surface area contributed by atoms with E-state index in [2.05, 4.69) is 45.9 Å². The lowest BCUT2D eigenvalue weighted by Crippen LogP contribution is -2.09. The standard InChI is InChI=1S/C14H20O/c1-10-7-12-8-11(9-14(2,3)4)5-6-13(12)15-10/h5-6,8,10H,7,9H2,1-4H3. The minimum Gasteiger partial charge on any atom is -0.490 e. The number of benzene rings is 1. The molecule has 1 heteroatoms. The number of fused-ring (bicyclic) bond motifs is 1. The van der Waals surface area contributed by atoms with Crippen LogP contribution in [0.2, 0.25) is 0 Å². The predicted octanol–water partition coefficient (Wildman–Crippen LogP) is 3.60. The van der Waals surface area contributed by atoms with E-state index < -0.39 is 0 Å². The van der Waals surface area contributed by atoms with E-state index in [0.717, 1.165) is 18.6 Å². The quantitative estimate of drug-likeness (QED) is 0.679. The molecule has 0 radical (unpaired) electrons. The molecule has 1 aliphatic heterocycles. The van der Waals surface area contributed by atoms with Crippen LogP contribution in [0.4, 0.5) is 0 Å². The molecule has 0 spiro atoms. The molecule has 1 aromatic carbocycles. The summed E-state index contributed by atoms with van der Waals surface area (Å²) in [5, 5.41) is 0. The number of hydrogen-bond acceptors (Lipinski definition) is 1. The fraction of sp³-hybridized carbons (Fsp3) is 0.571. The Labute approximate surface area is 92.5 Å². The lowest BCUT2D eigenvalue weighted by atomic mass is 9.87. The molecular formula is C14H20O. The summed E-state index contributed by atoms with van der Waals surface area (Å²) in [6, 6.07) is 6.63. The van der Waals surface area contributed by atoms with Crippen LogP contribution in [0.3, 0.4) is 0 Å². The van der Waals surface area contributed by atoms with Gasteiger partial charge in [0.05, 0.1) is 0 Å². The third-order valence-electron chi connectivity index (χ3n) is 2.69. The van der Waals surface area contributed by atoms with Gasteiger partial charge in [-0.15, -0.1) is 0 Å². The molecule has 0 saturated carbocycles. The van der Waals surface area contributed by atoms with Gasteiger partial charge in [-0.2, -0.15) is 0 Å². The van der Waals surface area contributed by atoms with Gasteiger partial charge < -0.3 is 4.74 Å². The van der Waals surface area contributed by atoms with Crippen molar-refractivity contribution in [1.82, 2.24) is 0 Å². The van der Waals surface area contributed by atoms with Gasteiger partial charge in [-0.3, -0.25) is 0 Å². The Morgan fingerprint density at radius 2 is 2.07 bits per heavy atom. The highest BCUT2D eigenvalue weighted by Gasteiger charge is 2.20. The molecule has 0 saturated heterocycles. The Morgan fingerprint density at radius 1 is 1.33 bits per heavy atom. The summed E-state index contributed by atoms with van der Waals surface area (Å²) in [4.78, 5) is 0. The monoisotopic (exact) mass is 204 g/mol. The Bertz CT molecular complexity index is 360. The summed E-state index contributed by atoms with van der Waals surface area (Å²) >= 11 is 0. The molecule has 1 unspecified atom stereocenters. The van der Waals surface area contributed by atoms with Gasteiger partial charge in [0, 0.05) is 6.42 Å². The van der Waals surface area contributed by atoms with Crippen LogP contribution < -0.4 is 4.74 Å². The van der Waals surface area contributed by atoms with Gasteiger partial charge in [-0.05, 0) is 36.0 Å². The summed E-state index contributed by atoms with van der Waals surface area (Å²) in [7, 11) is 0. The third kappa shape index (κ3) is 2.53. The summed E-state index contributed by atoms with van der Waals surface area (Å²) < 4.78 is 5.69. The van der Waals surface area contributed by atoms with Gasteiger partial charge in [-0.25, -0.2) is 0 Å². The first-order valence-corrected chi connectivity index (χ1v) is 5.72. The molecule has 0 bridgehead atoms. The molecule has 82 valence electrons. The molecule has 1 nitrogen and oxygen atoms in total. The van der Waals surface area contributed by atoms with Crippen LogP contribution in [0.25, 0.3) is 0 Å². The summed E-state index contributed by atoms with van der Waals surface area (Å²) in [5.74, 6) is 1.08. The van der Waals surface area contributed by atoms with Crippen molar-refractivity contribution in [3.63, 3.8) is 0 Å². The fourth-order valence-corrected chi connectivity index (χ4v) is 2.20. The van der Waals surface area contributed by atoms with E-state index in [9.17, 15) is 0 Å². The zero-order valence-corrected chi connectivity index (χ0v) is 10.1. The van der Waals surface area contributed by atoms with Gasteiger partial charge >= 0.3 is 0 Å². The normalized spacial score (nSPS) is 19.9. The van der Waals surface area contributed by atoms with E-state index in [0.29, 0.717) is 11.5 Å². The van der Waals surface area contributed by atoms with Crippen LogP contribution >= 0.6 is 0 Å². The highest BCUT2D eigenvalue weighted by Crippen LogP contribution is 2.31. The number of ether oxygens (including phenoxy) is 1. The van der Waals surface area contributed by atoms with Crippen LogP contribution in [0.1, 0.15) is 38.8 Å². The highest BCUT2D eigenvalue weighted by molar-refractivity contribution is 5.40. The smallest absolute Gasteiger partial charge is 0.123 e. The second-order valence-electron chi connectivity index (χ2n) is 5.81. The first kappa shape index (κ1) is 10.5. The van der Waals surface area contributed by atoms with Crippen molar-refractivity contribution < 1.29 is 4.74 Å². The fourth-order valence-electron chi connectivity index (χ4n) is 2.20. The summed E-state index contributed by atoms with van der Waals surface area (Å²) in [6.07, 6.45) is 2.55. The second-order valence-corrected chi connectivity index (χ2v) is 5.81. The molecule has 0 amide bonds. The zero-order valence-electron chi connectivity index (χ0n) is 10.1. The minimum absolute atomic E-state index is 0.352. The average Bonchev–Trinajstić information content (AvgIpc) is 2.40. The molecule has 0 fully saturated rings. The van der Waals surface area contributed by atoms with Crippen molar-refractivity contribution in [2.45, 2.75) is 46.6 Å². The van der Waals surface area contributed by atoms with E-state index in [-0.39, 0.29) is 0 Å². The molecule has 1 atom stereocenters. The Morgan fingerprint density at radius 3 is 2.73 bits per heavy atom. The highest BCUT2D eigenvalue weighted by atomic mass is 16.5. The van der Waals surface area contributed by atoms with Gasteiger partial charge in [0.1, 0.15) is 11.9 Å². The van der Waals surface area contributed by atoms with Crippen LogP contribution in [0.15, 0.2) is 18.2 Å². The molecule has 0 N–H and O–H groups in total. The SMILES string of the molecule is CC1Cc2cc(CC(C)(C)C)ccc2O1. The Hall–Kier alpha value is -0.980. The van der Waals surface area contributed by atoms with Gasteiger partial charge in [0.25, 0.3) is 0 Å². The van der Waals surface area contributed by atoms with E-state index in [1.807, 2.05) is 0 Å². The maximum absolute atomic E-state index is 5.69.